The monoisotopic (exact) mass is 363 g/mol. The number of alkyl halides is 3. The van der Waals surface area contributed by atoms with Gasteiger partial charge >= 0.3 is 6.18 Å². The van der Waals surface area contributed by atoms with Crippen molar-refractivity contribution in [2.75, 3.05) is 5.75 Å². The molecule has 0 unspecified atom stereocenters. The standard InChI is InChI=1S/C19H16F3NOS/c20-19(21,22)9-3-11-25-24-16-6-1-4-14(12-16)17-7-2-5-15-13-23-10-8-18(15)17/h1-2,4-8,10,12-13H,3,9,11H2. The lowest BCUT2D eigenvalue weighted by molar-refractivity contribution is -0.134. The maximum absolute atomic E-state index is 12.1. The van der Waals surface area contributed by atoms with Crippen molar-refractivity contribution < 1.29 is 17.4 Å². The number of fused-ring (bicyclic) bond motifs is 1. The van der Waals surface area contributed by atoms with Gasteiger partial charge in [-0.05, 0) is 41.1 Å². The molecule has 0 radical (unpaired) electrons. The van der Waals surface area contributed by atoms with E-state index in [2.05, 4.69) is 4.98 Å². The summed E-state index contributed by atoms with van der Waals surface area (Å²) in [7, 11) is 0. The van der Waals surface area contributed by atoms with Gasteiger partial charge in [-0.15, -0.1) is 0 Å². The van der Waals surface area contributed by atoms with Crippen LogP contribution in [-0.4, -0.2) is 16.9 Å². The van der Waals surface area contributed by atoms with Crippen molar-refractivity contribution in [2.24, 2.45) is 0 Å². The highest BCUT2D eigenvalue weighted by Crippen LogP contribution is 2.31. The van der Waals surface area contributed by atoms with E-state index in [4.69, 9.17) is 4.18 Å². The van der Waals surface area contributed by atoms with Crippen LogP contribution in [0.1, 0.15) is 12.8 Å². The first-order valence-electron chi connectivity index (χ1n) is 7.82. The van der Waals surface area contributed by atoms with Gasteiger partial charge in [0.15, 0.2) is 0 Å². The van der Waals surface area contributed by atoms with Crippen LogP contribution < -0.4 is 4.18 Å². The van der Waals surface area contributed by atoms with Gasteiger partial charge in [0.05, 0.1) is 12.0 Å². The van der Waals surface area contributed by atoms with Crippen LogP contribution in [0.5, 0.6) is 5.75 Å². The Bertz CT molecular complexity index is 846. The number of rotatable bonds is 6. The minimum absolute atomic E-state index is 0.0458. The molecule has 1 heterocycles. The fraction of sp³-hybridized carbons (Fsp3) is 0.211. The Morgan fingerprint density at radius 3 is 2.72 bits per heavy atom. The summed E-state index contributed by atoms with van der Waals surface area (Å²) >= 11 is 1.04. The molecule has 2 nitrogen and oxygen atoms in total. The Labute approximate surface area is 148 Å². The van der Waals surface area contributed by atoms with Crippen molar-refractivity contribution in [3.05, 3.63) is 60.9 Å². The van der Waals surface area contributed by atoms with Gasteiger partial charge in [-0.25, -0.2) is 0 Å². The number of hydrogen-bond acceptors (Lipinski definition) is 3. The van der Waals surface area contributed by atoms with Gasteiger partial charge in [0.1, 0.15) is 5.75 Å². The quantitative estimate of drug-likeness (QED) is 0.380. The fourth-order valence-corrected chi connectivity index (χ4v) is 3.12. The summed E-state index contributed by atoms with van der Waals surface area (Å²) in [6.45, 7) is 0. The minimum atomic E-state index is -4.11. The third-order valence-electron chi connectivity index (χ3n) is 3.67. The van der Waals surface area contributed by atoms with Crippen molar-refractivity contribution >= 4 is 22.8 Å². The molecular formula is C19H16F3NOS. The first kappa shape index (κ1) is 17.6. The highest BCUT2D eigenvalue weighted by atomic mass is 32.2. The van der Waals surface area contributed by atoms with Crippen molar-refractivity contribution in [2.45, 2.75) is 19.0 Å². The third-order valence-corrected chi connectivity index (χ3v) is 4.43. The molecule has 3 aromatic rings. The number of halogens is 3. The third kappa shape index (κ3) is 4.89. The second-order valence-corrected chi connectivity index (χ2v) is 6.36. The molecule has 1 aromatic heterocycles. The molecule has 130 valence electrons. The molecule has 0 aliphatic heterocycles. The van der Waals surface area contributed by atoms with E-state index < -0.39 is 12.6 Å². The summed E-state index contributed by atoms with van der Waals surface area (Å²) < 4.78 is 41.9. The number of pyridine rings is 1. The smallest absolute Gasteiger partial charge is 0.389 e. The van der Waals surface area contributed by atoms with Gasteiger partial charge in [0.25, 0.3) is 0 Å². The van der Waals surface area contributed by atoms with Crippen LogP contribution in [0.25, 0.3) is 21.9 Å². The summed E-state index contributed by atoms with van der Waals surface area (Å²) in [6.07, 6.45) is -1.28. The molecular weight excluding hydrogens is 347 g/mol. The lowest BCUT2D eigenvalue weighted by Crippen LogP contribution is -2.07. The molecule has 0 saturated heterocycles. The Balaban J connectivity index is 1.69. The molecule has 0 aliphatic rings. The fourth-order valence-electron chi connectivity index (χ4n) is 2.53. The van der Waals surface area contributed by atoms with Crippen molar-refractivity contribution in [3.8, 4) is 16.9 Å². The second-order valence-electron chi connectivity index (χ2n) is 5.55. The van der Waals surface area contributed by atoms with Crippen LogP contribution in [0.2, 0.25) is 0 Å². The average molecular weight is 363 g/mol. The van der Waals surface area contributed by atoms with Crippen molar-refractivity contribution in [1.29, 1.82) is 0 Å². The Kier molecular flexibility index (Phi) is 5.48. The zero-order valence-corrected chi connectivity index (χ0v) is 14.1. The Morgan fingerprint density at radius 1 is 1.04 bits per heavy atom. The van der Waals surface area contributed by atoms with Gasteiger partial charge in [-0.1, -0.05) is 30.3 Å². The average Bonchev–Trinajstić information content (AvgIpc) is 2.60. The van der Waals surface area contributed by atoms with E-state index in [9.17, 15) is 13.2 Å². The van der Waals surface area contributed by atoms with Gasteiger partial charge in [0.2, 0.25) is 0 Å². The lowest BCUT2D eigenvalue weighted by atomic mass is 9.99. The van der Waals surface area contributed by atoms with E-state index >= 15 is 0 Å². The molecule has 0 atom stereocenters. The van der Waals surface area contributed by atoms with Crippen LogP contribution in [-0.2, 0) is 0 Å². The highest BCUT2D eigenvalue weighted by molar-refractivity contribution is 7.95. The summed E-state index contributed by atoms with van der Waals surface area (Å²) in [5, 5.41) is 2.14. The summed E-state index contributed by atoms with van der Waals surface area (Å²) in [6, 6.07) is 15.5. The summed E-state index contributed by atoms with van der Waals surface area (Å²) in [5.41, 5.74) is 2.05. The number of benzene rings is 2. The predicted molar refractivity (Wildman–Crippen MR) is 95.6 cm³/mol. The maximum Gasteiger partial charge on any atom is 0.389 e. The number of hydrogen-bond donors (Lipinski definition) is 0. The van der Waals surface area contributed by atoms with Gasteiger partial charge in [-0.2, -0.15) is 13.2 Å². The van der Waals surface area contributed by atoms with Gasteiger partial charge < -0.3 is 4.18 Å². The van der Waals surface area contributed by atoms with E-state index in [1.54, 1.807) is 12.3 Å². The summed E-state index contributed by atoms with van der Waals surface area (Å²) in [4.78, 5) is 4.13. The first-order chi connectivity index (χ1) is 12.0. The van der Waals surface area contributed by atoms with Crippen molar-refractivity contribution in [1.82, 2.24) is 4.98 Å². The molecule has 0 saturated carbocycles. The van der Waals surface area contributed by atoms with Gasteiger partial charge in [-0.3, -0.25) is 4.98 Å². The van der Waals surface area contributed by atoms with E-state index in [0.717, 1.165) is 33.9 Å². The van der Waals surface area contributed by atoms with Crippen molar-refractivity contribution in [3.63, 3.8) is 0 Å². The van der Waals surface area contributed by atoms with Gasteiger partial charge in [0, 0.05) is 30.0 Å². The maximum atomic E-state index is 12.1. The normalized spacial score (nSPS) is 11.6. The van der Waals surface area contributed by atoms with Crippen LogP contribution in [0.15, 0.2) is 60.9 Å². The number of aromatic nitrogens is 1. The minimum Gasteiger partial charge on any atom is -0.426 e. The molecule has 2 aromatic carbocycles. The van der Waals surface area contributed by atoms with E-state index in [1.807, 2.05) is 48.7 Å². The largest absolute Gasteiger partial charge is 0.426 e. The molecule has 0 fully saturated rings. The Morgan fingerprint density at radius 2 is 1.88 bits per heavy atom. The van der Waals surface area contributed by atoms with Crippen LogP contribution in [0.4, 0.5) is 13.2 Å². The van der Waals surface area contributed by atoms with Crippen LogP contribution >= 0.6 is 12.0 Å². The number of nitrogens with zero attached hydrogens (tertiary/aromatic N) is 1. The lowest BCUT2D eigenvalue weighted by Gasteiger charge is -2.09. The molecule has 0 aliphatic carbocycles. The molecule has 0 bridgehead atoms. The molecule has 25 heavy (non-hydrogen) atoms. The summed E-state index contributed by atoms with van der Waals surface area (Å²) in [5.74, 6) is 0.921. The zero-order valence-electron chi connectivity index (χ0n) is 13.3. The van der Waals surface area contributed by atoms with E-state index in [1.165, 1.54) is 0 Å². The van der Waals surface area contributed by atoms with Crippen LogP contribution in [0, 0.1) is 0 Å². The molecule has 6 heteroatoms. The molecule has 0 amide bonds. The molecule has 0 N–H and O–H groups in total. The van der Waals surface area contributed by atoms with E-state index in [0.29, 0.717) is 11.5 Å². The first-order valence-corrected chi connectivity index (χ1v) is 8.73. The molecule has 3 rings (SSSR count). The Hall–Kier alpha value is -2.21. The molecule has 0 spiro atoms. The second kappa shape index (κ2) is 7.78. The van der Waals surface area contributed by atoms with Crippen LogP contribution in [0.3, 0.4) is 0 Å². The zero-order chi connectivity index (χ0) is 17.7. The topological polar surface area (TPSA) is 22.1 Å². The van der Waals surface area contributed by atoms with E-state index in [-0.39, 0.29) is 6.42 Å². The predicted octanol–water partition coefficient (Wildman–Crippen LogP) is 6.27. The highest BCUT2D eigenvalue weighted by Gasteiger charge is 2.25. The SMILES string of the molecule is FC(F)(F)CCCSOc1cccc(-c2cccc3cnccc23)c1.